The Hall–Kier alpha value is -3.61. The smallest absolute Gasteiger partial charge is 0.354 e. The summed E-state index contributed by atoms with van der Waals surface area (Å²) >= 11 is 0. The van der Waals surface area contributed by atoms with Gasteiger partial charge in [0.05, 0.1) is 17.8 Å². The number of aromatic carboxylic acids is 2. The van der Waals surface area contributed by atoms with Crippen molar-refractivity contribution in [3.05, 3.63) is 81.5 Å². The highest BCUT2D eigenvalue weighted by atomic mass is 16.4. The number of carbonyl (C=O) groups is 2. The second kappa shape index (κ2) is 9.04. The van der Waals surface area contributed by atoms with Gasteiger partial charge in [0, 0.05) is 6.04 Å². The Morgan fingerprint density at radius 1 is 0.968 bits per heavy atom. The zero-order valence-electron chi connectivity index (χ0n) is 17.8. The zero-order chi connectivity index (χ0) is 22.7. The molecule has 0 saturated carbocycles. The van der Waals surface area contributed by atoms with Crippen LogP contribution in [0.4, 0.5) is 0 Å². The maximum Gasteiger partial charge on any atom is 0.354 e. The SMILES string of the molecule is CCCc1c(C(=O)O)n(C(C)C)c(=O)n1Cc1ccc(-c2ccccc2C(=O)O)cc1. The molecular weight excluding hydrogens is 396 g/mol. The predicted molar refractivity (Wildman–Crippen MR) is 118 cm³/mol. The van der Waals surface area contributed by atoms with Crippen molar-refractivity contribution in [2.24, 2.45) is 0 Å². The van der Waals surface area contributed by atoms with Gasteiger partial charge in [-0.3, -0.25) is 9.13 Å². The van der Waals surface area contributed by atoms with Crippen molar-refractivity contribution in [3.8, 4) is 11.1 Å². The lowest BCUT2D eigenvalue weighted by Gasteiger charge is -2.10. The van der Waals surface area contributed by atoms with Crippen molar-refractivity contribution in [1.29, 1.82) is 0 Å². The molecule has 3 rings (SSSR count). The Bertz CT molecular complexity index is 1170. The molecule has 2 N–H and O–H groups in total. The number of aromatic nitrogens is 2. The Morgan fingerprint density at radius 2 is 1.61 bits per heavy atom. The maximum absolute atomic E-state index is 13.0. The molecule has 7 heteroatoms. The summed E-state index contributed by atoms with van der Waals surface area (Å²) in [5.74, 6) is -2.10. The van der Waals surface area contributed by atoms with E-state index in [1.165, 1.54) is 9.13 Å². The van der Waals surface area contributed by atoms with Crippen LogP contribution in [-0.2, 0) is 13.0 Å². The first-order chi connectivity index (χ1) is 14.8. The summed E-state index contributed by atoms with van der Waals surface area (Å²) in [4.78, 5) is 36.4. The van der Waals surface area contributed by atoms with Crippen LogP contribution < -0.4 is 5.69 Å². The van der Waals surface area contributed by atoms with Crippen molar-refractivity contribution in [2.75, 3.05) is 0 Å². The topological polar surface area (TPSA) is 102 Å². The quantitative estimate of drug-likeness (QED) is 0.564. The van der Waals surface area contributed by atoms with E-state index in [4.69, 9.17) is 0 Å². The molecule has 31 heavy (non-hydrogen) atoms. The van der Waals surface area contributed by atoms with Gasteiger partial charge in [-0.05, 0) is 43.0 Å². The van der Waals surface area contributed by atoms with Gasteiger partial charge in [-0.15, -0.1) is 0 Å². The summed E-state index contributed by atoms with van der Waals surface area (Å²) in [6, 6.07) is 13.8. The van der Waals surface area contributed by atoms with Crippen LogP contribution in [0, 0.1) is 0 Å². The summed E-state index contributed by atoms with van der Waals surface area (Å²) in [5.41, 5.74) is 2.66. The third kappa shape index (κ3) is 4.30. The van der Waals surface area contributed by atoms with E-state index in [0.29, 0.717) is 24.1 Å². The molecule has 0 bridgehead atoms. The van der Waals surface area contributed by atoms with Crippen LogP contribution in [-0.4, -0.2) is 31.3 Å². The summed E-state index contributed by atoms with van der Waals surface area (Å²) in [6.07, 6.45) is 1.20. The molecule has 0 radical (unpaired) electrons. The molecule has 0 atom stereocenters. The Kier molecular flexibility index (Phi) is 6.44. The number of carboxylic acid groups (broad SMARTS) is 2. The van der Waals surface area contributed by atoms with Crippen LogP contribution in [0.5, 0.6) is 0 Å². The molecule has 1 aromatic heterocycles. The normalized spacial score (nSPS) is 11.1. The van der Waals surface area contributed by atoms with E-state index in [2.05, 4.69) is 0 Å². The lowest BCUT2D eigenvalue weighted by atomic mass is 9.99. The first-order valence-electron chi connectivity index (χ1n) is 10.2. The lowest BCUT2D eigenvalue weighted by molar-refractivity contribution is 0.0676. The Labute approximate surface area is 180 Å². The van der Waals surface area contributed by atoms with Gasteiger partial charge in [-0.25, -0.2) is 14.4 Å². The van der Waals surface area contributed by atoms with Gasteiger partial charge in [-0.2, -0.15) is 0 Å². The van der Waals surface area contributed by atoms with E-state index in [9.17, 15) is 24.6 Å². The summed E-state index contributed by atoms with van der Waals surface area (Å²) in [5, 5.41) is 19.2. The third-order valence-corrected chi connectivity index (χ3v) is 5.25. The minimum Gasteiger partial charge on any atom is -0.478 e. The average molecular weight is 422 g/mol. The monoisotopic (exact) mass is 422 g/mol. The molecule has 0 aliphatic carbocycles. The second-order valence-electron chi connectivity index (χ2n) is 7.73. The number of hydrogen-bond donors (Lipinski definition) is 2. The molecule has 1 heterocycles. The predicted octanol–water partition coefficient (Wildman–Crippen LogP) is 4.29. The van der Waals surface area contributed by atoms with Crippen molar-refractivity contribution in [2.45, 2.75) is 46.2 Å². The highest BCUT2D eigenvalue weighted by molar-refractivity contribution is 5.96. The average Bonchev–Trinajstić information content (AvgIpc) is 3.01. The van der Waals surface area contributed by atoms with Crippen LogP contribution in [0.15, 0.2) is 53.3 Å². The number of carboxylic acids is 2. The largest absolute Gasteiger partial charge is 0.478 e. The zero-order valence-corrected chi connectivity index (χ0v) is 17.8. The molecule has 0 aliphatic rings. The molecule has 0 unspecified atom stereocenters. The van der Waals surface area contributed by atoms with Gasteiger partial charge < -0.3 is 10.2 Å². The van der Waals surface area contributed by atoms with E-state index < -0.39 is 11.9 Å². The van der Waals surface area contributed by atoms with Gasteiger partial charge in [0.25, 0.3) is 0 Å². The Morgan fingerprint density at radius 3 is 2.16 bits per heavy atom. The van der Waals surface area contributed by atoms with E-state index in [1.54, 1.807) is 38.1 Å². The lowest BCUT2D eigenvalue weighted by Crippen LogP contribution is -2.27. The fraction of sp³-hybridized carbons (Fsp3) is 0.292. The molecule has 3 aromatic rings. The molecule has 0 spiro atoms. The Balaban J connectivity index is 2.02. The number of benzene rings is 2. The molecule has 0 fully saturated rings. The van der Waals surface area contributed by atoms with Gasteiger partial charge in [0.1, 0.15) is 0 Å². The van der Waals surface area contributed by atoms with E-state index in [-0.39, 0.29) is 29.5 Å². The van der Waals surface area contributed by atoms with Gasteiger partial charge in [0.15, 0.2) is 5.69 Å². The van der Waals surface area contributed by atoms with Crippen LogP contribution in [0.2, 0.25) is 0 Å². The highest BCUT2D eigenvalue weighted by Gasteiger charge is 2.25. The van der Waals surface area contributed by atoms with E-state index >= 15 is 0 Å². The first-order valence-corrected chi connectivity index (χ1v) is 10.2. The summed E-state index contributed by atoms with van der Waals surface area (Å²) in [7, 11) is 0. The first kappa shape index (κ1) is 22.1. The standard InChI is InChI=1S/C24H26N2O5/c1-4-7-20-21(23(29)30)26(15(2)3)24(31)25(20)14-16-10-12-17(13-11-16)18-8-5-6-9-19(18)22(27)28/h5-6,8-13,15H,4,7,14H2,1-3H3,(H,27,28)(H,29,30). The number of imidazole rings is 1. The fourth-order valence-electron chi connectivity index (χ4n) is 3.86. The van der Waals surface area contributed by atoms with E-state index in [0.717, 1.165) is 11.1 Å². The number of rotatable bonds is 8. The molecule has 0 saturated heterocycles. The maximum atomic E-state index is 13.0. The fourth-order valence-corrected chi connectivity index (χ4v) is 3.86. The molecular formula is C24H26N2O5. The van der Waals surface area contributed by atoms with Crippen LogP contribution in [0.25, 0.3) is 11.1 Å². The van der Waals surface area contributed by atoms with Gasteiger partial charge in [0.2, 0.25) is 0 Å². The molecule has 7 nitrogen and oxygen atoms in total. The van der Waals surface area contributed by atoms with Crippen LogP contribution in [0.3, 0.4) is 0 Å². The second-order valence-corrected chi connectivity index (χ2v) is 7.73. The summed E-state index contributed by atoms with van der Waals surface area (Å²) < 4.78 is 2.87. The molecule has 0 amide bonds. The minimum atomic E-state index is -1.10. The molecule has 162 valence electrons. The highest BCUT2D eigenvalue weighted by Crippen LogP contribution is 2.25. The van der Waals surface area contributed by atoms with Crippen LogP contribution in [0.1, 0.15) is 65.3 Å². The summed E-state index contributed by atoms with van der Waals surface area (Å²) in [6.45, 7) is 5.78. The number of hydrogen-bond acceptors (Lipinski definition) is 3. The van der Waals surface area contributed by atoms with E-state index in [1.807, 2.05) is 31.2 Å². The van der Waals surface area contributed by atoms with Gasteiger partial charge >= 0.3 is 17.6 Å². The number of nitrogens with zero attached hydrogens (tertiary/aromatic N) is 2. The minimum absolute atomic E-state index is 0.0499. The van der Waals surface area contributed by atoms with Gasteiger partial charge in [-0.1, -0.05) is 55.8 Å². The van der Waals surface area contributed by atoms with Crippen LogP contribution >= 0.6 is 0 Å². The molecule has 0 aliphatic heterocycles. The van der Waals surface area contributed by atoms with Crippen molar-refractivity contribution < 1.29 is 19.8 Å². The van der Waals surface area contributed by atoms with Crippen molar-refractivity contribution >= 4 is 11.9 Å². The molecule has 2 aromatic carbocycles. The van der Waals surface area contributed by atoms with Crippen molar-refractivity contribution in [1.82, 2.24) is 9.13 Å². The third-order valence-electron chi connectivity index (χ3n) is 5.25. The van der Waals surface area contributed by atoms with Crippen molar-refractivity contribution in [3.63, 3.8) is 0 Å².